The van der Waals surface area contributed by atoms with E-state index in [1.807, 2.05) is 0 Å². The van der Waals surface area contributed by atoms with E-state index in [1.54, 1.807) is 0 Å². The van der Waals surface area contributed by atoms with Gasteiger partial charge in [-0.1, -0.05) is 20.4 Å². The fourth-order valence-electron chi connectivity index (χ4n) is 2.68. The molecule has 0 atom stereocenters. The molecule has 0 bridgehead atoms. The Balaban J connectivity index is 2.32. The third-order valence-electron chi connectivity index (χ3n) is 4.05. The van der Waals surface area contributed by atoms with Crippen molar-refractivity contribution < 1.29 is 0 Å². The molecule has 0 radical (unpaired) electrons. The lowest BCUT2D eigenvalue weighted by molar-refractivity contribution is 0.0301. The lowest BCUT2D eigenvalue weighted by Crippen LogP contribution is -2.56. The second-order valence-corrected chi connectivity index (χ2v) is 6.43. The van der Waals surface area contributed by atoms with E-state index in [9.17, 15) is 0 Å². The molecule has 0 aromatic carbocycles. The van der Waals surface area contributed by atoms with Crippen molar-refractivity contribution in [2.24, 2.45) is 0 Å². The van der Waals surface area contributed by atoms with Crippen LogP contribution in [0.3, 0.4) is 0 Å². The lowest BCUT2D eigenvalue weighted by atomic mass is 9.75. The first-order chi connectivity index (χ1) is 8.35. The smallest absolute Gasteiger partial charge is 0.0330 e. The van der Waals surface area contributed by atoms with Crippen molar-refractivity contribution in [3.63, 3.8) is 0 Å². The Hall–Kier alpha value is -0.380. The Kier molecular flexibility index (Phi) is 5.83. The topological polar surface area (TPSA) is 18.5 Å². The standard InChI is InChI=1S/C15H31N3/c1-13(2)16-10-14(3)11-18(6)12-15(17(4)5)8-7-9-15/h13,16H,3,7-12H2,1-2,4-6H3. The maximum atomic E-state index is 4.17. The van der Waals surface area contributed by atoms with Crippen LogP contribution >= 0.6 is 0 Å². The van der Waals surface area contributed by atoms with Crippen LogP contribution in [0.25, 0.3) is 0 Å². The van der Waals surface area contributed by atoms with E-state index >= 15 is 0 Å². The fraction of sp³-hybridized carbons (Fsp3) is 0.867. The first-order valence-electron chi connectivity index (χ1n) is 7.12. The van der Waals surface area contributed by atoms with Gasteiger partial charge in [0.15, 0.2) is 0 Å². The minimum absolute atomic E-state index is 0.417. The van der Waals surface area contributed by atoms with E-state index in [2.05, 4.69) is 56.7 Å². The van der Waals surface area contributed by atoms with Gasteiger partial charge in [0.1, 0.15) is 0 Å². The molecule has 3 nitrogen and oxygen atoms in total. The van der Waals surface area contributed by atoms with Crippen molar-refractivity contribution in [1.82, 2.24) is 15.1 Å². The predicted molar refractivity (Wildman–Crippen MR) is 80.0 cm³/mol. The molecule has 0 unspecified atom stereocenters. The summed E-state index contributed by atoms with van der Waals surface area (Å²) in [7, 11) is 6.63. The molecule has 0 aliphatic heterocycles. The highest BCUT2D eigenvalue weighted by Gasteiger charge is 2.39. The van der Waals surface area contributed by atoms with Gasteiger partial charge in [0, 0.05) is 31.2 Å². The van der Waals surface area contributed by atoms with Crippen LogP contribution in [0.5, 0.6) is 0 Å². The molecule has 1 saturated carbocycles. The molecular formula is C15H31N3. The molecule has 1 aliphatic carbocycles. The van der Waals surface area contributed by atoms with Gasteiger partial charge in [-0.3, -0.25) is 0 Å². The minimum Gasteiger partial charge on any atom is -0.311 e. The molecule has 1 fully saturated rings. The minimum atomic E-state index is 0.417. The van der Waals surface area contributed by atoms with E-state index in [0.29, 0.717) is 11.6 Å². The summed E-state index contributed by atoms with van der Waals surface area (Å²) in [4.78, 5) is 4.83. The van der Waals surface area contributed by atoms with Crippen molar-refractivity contribution in [2.45, 2.75) is 44.7 Å². The summed E-state index contributed by atoms with van der Waals surface area (Å²) in [6.07, 6.45) is 4.05. The number of nitrogens with zero attached hydrogens (tertiary/aromatic N) is 2. The maximum Gasteiger partial charge on any atom is 0.0330 e. The van der Waals surface area contributed by atoms with E-state index in [1.165, 1.54) is 24.8 Å². The van der Waals surface area contributed by atoms with Gasteiger partial charge >= 0.3 is 0 Å². The average molecular weight is 253 g/mol. The van der Waals surface area contributed by atoms with Gasteiger partial charge in [0.05, 0.1) is 0 Å². The first kappa shape index (κ1) is 15.7. The number of nitrogens with one attached hydrogen (secondary N) is 1. The van der Waals surface area contributed by atoms with Crippen LogP contribution in [0.4, 0.5) is 0 Å². The highest BCUT2D eigenvalue weighted by Crippen LogP contribution is 2.36. The molecule has 106 valence electrons. The Morgan fingerprint density at radius 1 is 1.28 bits per heavy atom. The zero-order chi connectivity index (χ0) is 13.8. The molecule has 1 rings (SSSR count). The van der Waals surface area contributed by atoms with Crippen molar-refractivity contribution in [3.8, 4) is 0 Å². The van der Waals surface area contributed by atoms with E-state index in [4.69, 9.17) is 0 Å². The summed E-state index contributed by atoms with van der Waals surface area (Å²) >= 11 is 0. The third kappa shape index (κ3) is 4.38. The normalized spacial score (nSPS) is 18.4. The molecule has 0 saturated heterocycles. The van der Waals surface area contributed by atoms with E-state index in [-0.39, 0.29) is 0 Å². The number of rotatable bonds is 8. The Morgan fingerprint density at radius 2 is 1.89 bits per heavy atom. The van der Waals surface area contributed by atoms with Crippen LogP contribution in [0.1, 0.15) is 33.1 Å². The third-order valence-corrected chi connectivity index (χ3v) is 4.05. The maximum absolute atomic E-state index is 4.17. The molecular weight excluding hydrogens is 222 g/mol. The second kappa shape index (κ2) is 6.69. The van der Waals surface area contributed by atoms with Crippen LogP contribution in [0.15, 0.2) is 12.2 Å². The molecule has 18 heavy (non-hydrogen) atoms. The highest BCUT2D eigenvalue weighted by atomic mass is 15.2. The van der Waals surface area contributed by atoms with Gasteiger partial charge in [-0.2, -0.15) is 0 Å². The van der Waals surface area contributed by atoms with Crippen molar-refractivity contribution in [3.05, 3.63) is 12.2 Å². The number of hydrogen-bond acceptors (Lipinski definition) is 3. The van der Waals surface area contributed by atoms with Crippen LogP contribution < -0.4 is 5.32 Å². The molecule has 1 aliphatic rings. The first-order valence-corrected chi connectivity index (χ1v) is 7.12. The molecule has 0 aromatic heterocycles. The highest BCUT2D eigenvalue weighted by molar-refractivity contribution is 5.03. The van der Waals surface area contributed by atoms with Crippen LogP contribution in [0, 0.1) is 0 Å². The van der Waals surface area contributed by atoms with Crippen molar-refractivity contribution in [1.29, 1.82) is 0 Å². The molecule has 0 heterocycles. The Labute approximate surface area is 113 Å². The monoisotopic (exact) mass is 253 g/mol. The summed E-state index contributed by atoms with van der Waals surface area (Å²) in [6, 6.07) is 0.534. The molecule has 0 aromatic rings. The van der Waals surface area contributed by atoms with Gasteiger partial charge in [0.2, 0.25) is 0 Å². The summed E-state index contributed by atoms with van der Waals surface area (Å²) in [5, 5.41) is 3.43. The summed E-state index contributed by atoms with van der Waals surface area (Å²) in [6.45, 7) is 11.6. The molecule has 1 N–H and O–H groups in total. The largest absolute Gasteiger partial charge is 0.311 e. The lowest BCUT2D eigenvalue weighted by Gasteiger charge is -2.49. The van der Waals surface area contributed by atoms with Gasteiger partial charge in [-0.25, -0.2) is 0 Å². The number of hydrogen-bond donors (Lipinski definition) is 1. The van der Waals surface area contributed by atoms with Crippen LogP contribution in [0.2, 0.25) is 0 Å². The SMILES string of the molecule is C=C(CNC(C)C)CN(C)CC1(N(C)C)CCC1. The van der Waals surface area contributed by atoms with Gasteiger partial charge in [-0.15, -0.1) is 0 Å². The summed E-state index contributed by atoms with van der Waals surface area (Å²) < 4.78 is 0. The zero-order valence-electron chi connectivity index (χ0n) is 12.9. The average Bonchev–Trinajstić information content (AvgIpc) is 2.20. The quantitative estimate of drug-likeness (QED) is 0.667. The summed E-state index contributed by atoms with van der Waals surface area (Å²) in [5.41, 5.74) is 1.69. The molecule has 3 heteroatoms. The van der Waals surface area contributed by atoms with Crippen LogP contribution in [-0.2, 0) is 0 Å². The Morgan fingerprint density at radius 3 is 2.28 bits per heavy atom. The second-order valence-electron chi connectivity index (χ2n) is 6.43. The number of likely N-dealkylation sites (N-methyl/N-ethyl adjacent to an activating group) is 2. The molecule has 0 spiro atoms. The molecule has 0 amide bonds. The van der Waals surface area contributed by atoms with Crippen molar-refractivity contribution >= 4 is 0 Å². The summed E-state index contributed by atoms with van der Waals surface area (Å²) in [5.74, 6) is 0. The Bertz CT molecular complexity index is 267. The van der Waals surface area contributed by atoms with E-state index in [0.717, 1.165) is 19.6 Å². The van der Waals surface area contributed by atoms with E-state index < -0.39 is 0 Å². The van der Waals surface area contributed by atoms with Gasteiger partial charge in [-0.05, 0) is 46.0 Å². The predicted octanol–water partition coefficient (Wildman–Crippen LogP) is 1.96. The van der Waals surface area contributed by atoms with Gasteiger partial charge < -0.3 is 15.1 Å². The van der Waals surface area contributed by atoms with Crippen LogP contribution in [-0.4, -0.2) is 62.2 Å². The zero-order valence-corrected chi connectivity index (χ0v) is 12.9. The fourth-order valence-corrected chi connectivity index (χ4v) is 2.68. The van der Waals surface area contributed by atoms with Gasteiger partial charge in [0.25, 0.3) is 0 Å². The van der Waals surface area contributed by atoms with Crippen molar-refractivity contribution in [2.75, 3.05) is 40.8 Å².